The topological polar surface area (TPSA) is 52.6 Å². The summed E-state index contributed by atoms with van der Waals surface area (Å²) in [4.78, 5) is 0.0144. The first-order valence-corrected chi connectivity index (χ1v) is 8.02. The first kappa shape index (κ1) is 15.3. The second-order valence-corrected chi connectivity index (χ2v) is 6.32. The molecule has 0 atom stereocenters. The average Bonchev–Trinajstić information content (AvgIpc) is 2.29. The number of halogens is 1. The Kier molecular flexibility index (Phi) is 5.91. The smallest absolute Gasteiger partial charge is 0.264 e. The first-order valence-electron chi connectivity index (χ1n) is 5.71. The fourth-order valence-electron chi connectivity index (χ4n) is 1.41. The van der Waals surface area contributed by atoms with E-state index in [4.69, 9.17) is 20.2 Å². The van der Waals surface area contributed by atoms with Gasteiger partial charge in [-0.05, 0) is 31.5 Å². The number of ether oxygens (including phenoxy) is 2. The maximum Gasteiger partial charge on any atom is 0.264 e. The highest BCUT2D eigenvalue weighted by Crippen LogP contribution is 2.28. The maximum atomic E-state index is 11.4. The van der Waals surface area contributed by atoms with Crippen LogP contribution >= 0.6 is 10.7 Å². The molecular formula is C12H17ClO4S. The van der Waals surface area contributed by atoms with Gasteiger partial charge in [-0.25, -0.2) is 8.42 Å². The van der Waals surface area contributed by atoms with E-state index in [1.54, 1.807) is 19.1 Å². The predicted octanol–water partition coefficient (Wildman–Crippen LogP) is 2.73. The molecule has 0 heterocycles. The summed E-state index contributed by atoms with van der Waals surface area (Å²) in [5.41, 5.74) is 0.816. The summed E-state index contributed by atoms with van der Waals surface area (Å²) in [6, 6.07) is 4.90. The molecule has 0 saturated heterocycles. The van der Waals surface area contributed by atoms with Crippen LogP contribution in [0.4, 0.5) is 0 Å². The van der Waals surface area contributed by atoms with E-state index in [1.807, 2.05) is 6.92 Å². The lowest BCUT2D eigenvalue weighted by molar-refractivity contribution is 0.130. The van der Waals surface area contributed by atoms with Crippen molar-refractivity contribution in [2.24, 2.45) is 0 Å². The molecule has 1 aromatic rings. The molecule has 0 unspecified atom stereocenters. The number of hydrogen-bond acceptors (Lipinski definition) is 4. The third-order valence-corrected chi connectivity index (χ3v) is 3.60. The molecule has 0 N–H and O–H groups in total. The van der Waals surface area contributed by atoms with Crippen LogP contribution in [0.3, 0.4) is 0 Å². The van der Waals surface area contributed by atoms with Gasteiger partial charge in [-0.15, -0.1) is 0 Å². The van der Waals surface area contributed by atoms with E-state index >= 15 is 0 Å². The zero-order valence-electron chi connectivity index (χ0n) is 10.5. The molecule has 0 saturated carbocycles. The maximum absolute atomic E-state index is 11.4. The molecule has 6 heteroatoms. The summed E-state index contributed by atoms with van der Waals surface area (Å²) in [6.07, 6.45) is 0.698. The van der Waals surface area contributed by atoms with Crippen molar-refractivity contribution in [2.75, 3.05) is 19.8 Å². The Labute approximate surface area is 112 Å². The van der Waals surface area contributed by atoms with Gasteiger partial charge in [-0.2, -0.15) is 0 Å². The monoisotopic (exact) mass is 292 g/mol. The van der Waals surface area contributed by atoms with Gasteiger partial charge in [0.1, 0.15) is 10.6 Å². The van der Waals surface area contributed by atoms with Gasteiger partial charge in [0.05, 0.1) is 6.61 Å². The van der Waals surface area contributed by atoms with Gasteiger partial charge in [0.2, 0.25) is 0 Å². The number of hydrogen-bond donors (Lipinski definition) is 0. The Morgan fingerprint density at radius 3 is 2.61 bits per heavy atom. The Hall–Kier alpha value is -0.780. The van der Waals surface area contributed by atoms with Gasteiger partial charge >= 0.3 is 0 Å². The van der Waals surface area contributed by atoms with Crippen LogP contribution < -0.4 is 4.74 Å². The third kappa shape index (κ3) is 4.84. The summed E-state index contributed by atoms with van der Waals surface area (Å²) in [7, 11) is 1.58. The van der Waals surface area contributed by atoms with Crippen molar-refractivity contribution in [3.63, 3.8) is 0 Å². The van der Waals surface area contributed by atoms with Crippen LogP contribution in [0.5, 0.6) is 5.75 Å². The van der Waals surface area contributed by atoms with Crippen molar-refractivity contribution in [3.8, 4) is 5.75 Å². The standard InChI is InChI=1S/C12H17ClO4S/c1-3-16-7-4-8-17-11-6-5-10(2)9-12(11)18(13,14)15/h5-6,9H,3-4,7-8H2,1-2H3. The van der Waals surface area contributed by atoms with Crippen molar-refractivity contribution >= 4 is 19.7 Å². The molecule has 0 radical (unpaired) electrons. The fourth-order valence-corrected chi connectivity index (χ4v) is 2.47. The van der Waals surface area contributed by atoms with E-state index in [0.29, 0.717) is 26.2 Å². The Balaban J connectivity index is 2.71. The highest BCUT2D eigenvalue weighted by Gasteiger charge is 2.16. The molecule has 0 aromatic heterocycles. The molecule has 1 rings (SSSR count). The van der Waals surface area contributed by atoms with Crippen molar-refractivity contribution < 1.29 is 17.9 Å². The Morgan fingerprint density at radius 1 is 1.28 bits per heavy atom. The normalized spacial score (nSPS) is 11.5. The Bertz CT molecular complexity index is 485. The Morgan fingerprint density at radius 2 is 2.00 bits per heavy atom. The van der Waals surface area contributed by atoms with E-state index < -0.39 is 9.05 Å². The molecule has 102 valence electrons. The molecule has 0 aliphatic heterocycles. The molecule has 0 amide bonds. The molecule has 18 heavy (non-hydrogen) atoms. The van der Waals surface area contributed by atoms with Gasteiger partial charge in [0, 0.05) is 30.3 Å². The van der Waals surface area contributed by atoms with Crippen LogP contribution in [0.2, 0.25) is 0 Å². The third-order valence-electron chi connectivity index (χ3n) is 2.26. The molecule has 0 fully saturated rings. The predicted molar refractivity (Wildman–Crippen MR) is 70.8 cm³/mol. The van der Waals surface area contributed by atoms with Gasteiger partial charge in [0.25, 0.3) is 9.05 Å². The van der Waals surface area contributed by atoms with Gasteiger partial charge in [0.15, 0.2) is 0 Å². The lowest BCUT2D eigenvalue weighted by Crippen LogP contribution is -2.05. The van der Waals surface area contributed by atoms with E-state index in [-0.39, 0.29) is 10.6 Å². The van der Waals surface area contributed by atoms with Crippen LogP contribution in [-0.4, -0.2) is 28.2 Å². The van der Waals surface area contributed by atoms with E-state index in [0.717, 1.165) is 5.56 Å². The number of aryl methyl sites for hydroxylation is 1. The van der Waals surface area contributed by atoms with Gasteiger partial charge in [-0.1, -0.05) is 6.07 Å². The van der Waals surface area contributed by atoms with E-state index in [2.05, 4.69) is 0 Å². The van der Waals surface area contributed by atoms with Crippen molar-refractivity contribution in [1.82, 2.24) is 0 Å². The van der Waals surface area contributed by atoms with Crippen LogP contribution in [0, 0.1) is 6.92 Å². The lowest BCUT2D eigenvalue weighted by atomic mass is 10.2. The minimum Gasteiger partial charge on any atom is -0.492 e. The van der Waals surface area contributed by atoms with Crippen LogP contribution in [0.15, 0.2) is 23.1 Å². The van der Waals surface area contributed by atoms with Crippen LogP contribution in [0.25, 0.3) is 0 Å². The fraction of sp³-hybridized carbons (Fsp3) is 0.500. The SMILES string of the molecule is CCOCCCOc1ccc(C)cc1S(=O)(=O)Cl. The van der Waals surface area contributed by atoms with Crippen molar-refractivity contribution in [2.45, 2.75) is 25.2 Å². The second-order valence-electron chi connectivity index (χ2n) is 3.79. The summed E-state index contributed by atoms with van der Waals surface area (Å²) in [6.45, 7) is 5.35. The summed E-state index contributed by atoms with van der Waals surface area (Å²) in [5.74, 6) is 0.284. The minimum atomic E-state index is -3.79. The van der Waals surface area contributed by atoms with Crippen LogP contribution in [-0.2, 0) is 13.8 Å². The second kappa shape index (κ2) is 6.97. The molecule has 1 aromatic carbocycles. The summed E-state index contributed by atoms with van der Waals surface area (Å²) in [5, 5.41) is 0. The lowest BCUT2D eigenvalue weighted by Gasteiger charge is -2.10. The average molecular weight is 293 g/mol. The van der Waals surface area contributed by atoms with Gasteiger partial charge in [-0.3, -0.25) is 0 Å². The summed E-state index contributed by atoms with van der Waals surface area (Å²) < 4.78 is 33.4. The molecule has 0 bridgehead atoms. The molecule has 0 aliphatic carbocycles. The highest BCUT2D eigenvalue weighted by molar-refractivity contribution is 8.13. The minimum absolute atomic E-state index is 0.0144. The molecular weight excluding hydrogens is 276 g/mol. The molecule has 0 spiro atoms. The van der Waals surface area contributed by atoms with E-state index in [9.17, 15) is 8.42 Å². The quantitative estimate of drug-likeness (QED) is 0.573. The largest absolute Gasteiger partial charge is 0.492 e. The van der Waals surface area contributed by atoms with Crippen molar-refractivity contribution in [3.05, 3.63) is 23.8 Å². The number of benzene rings is 1. The summed E-state index contributed by atoms with van der Waals surface area (Å²) >= 11 is 0. The number of rotatable bonds is 7. The van der Waals surface area contributed by atoms with Crippen LogP contribution in [0.1, 0.15) is 18.9 Å². The highest BCUT2D eigenvalue weighted by atomic mass is 35.7. The molecule has 0 aliphatic rings. The van der Waals surface area contributed by atoms with Crippen molar-refractivity contribution in [1.29, 1.82) is 0 Å². The zero-order chi connectivity index (χ0) is 13.6. The molecule has 4 nitrogen and oxygen atoms in total. The first-order chi connectivity index (χ1) is 8.45. The van der Waals surface area contributed by atoms with Gasteiger partial charge < -0.3 is 9.47 Å². The van der Waals surface area contributed by atoms with E-state index in [1.165, 1.54) is 6.07 Å². The zero-order valence-corrected chi connectivity index (χ0v) is 12.1.